The summed E-state index contributed by atoms with van der Waals surface area (Å²) in [6, 6.07) is 50.5. The first-order chi connectivity index (χ1) is 32.3. The molecule has 0 saturated carbocycles. The summed E-state index contributed by atoms with van der Waals surface area (Å²) < 4.78 is 4.35. The molecule has 0 spiro atoms. The number of para-hydroxylation sites is 4. The minimum Gasteiger partial charge on any atom is -0.278 e. The number of fused-ring (bicyclic) bond motifs is 14. The monoisotopic (exact) mass is 848 g/mol. The van der Waals surface area contributed by atoms with Gasteiger partial charge in [-0.3, -0.25) is 9.13 Å². The van der Waals surface area contributed by atoms with Crippen LogP contribution in [-0.2, 0) is 10.8 Å². The van der Waals surface area contributed by atoms with E-state index in [4.69, 9.17) is 19.9 Å². The quantitative estimate of drug-likeness (QED) is 0.177. The van der Waals surface area contributed by atoms with E-state index in [9.17, 15) is 0 Å². The standard InChI is InChI=1S/C60H44N6/c1-59(2)48-27-35(36-31-61-57(62-32-36)65-52-21-11-7-16-40(52)41-17-8-12-22-53(41)65)25-26-39(48)46-29-50-47(30-49(46)59)56-44-20-6-5-15-38(44)45(28-51(56)60(50,3)4)37-33-63-58(64-34-37)66-54-23-13-9-18-42(54)43-19-10-14-24-55(43)66/h5-34,39,48H,1-4H3. The van der Waals surface area contributed by atoms with Crippen LogP contribution in [0.15, 0.2) is 183 Å². The summed E-state index contributed by atoms with van der Waals surface area (Å²) >= 11 is 0. The number of aromatic nitrogens is 6. The van der Waals surface area contributed by atoms with E-state index >= 15 is 0 Å². The fraction of sp³-hybridized carbons (Fsp3) is 0.133. The number of nitrogens with zero attached hydrogens (tertiary/aromatic N) is 6. The topological polar surface area (TPSA) is 61.4 Å². The van der Waals surface area contributed by atoms with Gasteiger partial charge in [0.15, 0.2) is 0 Å². The van der Waals surface area contributed by atoms with Crippen LogP contribution < -0.4 is 0 Å². The molecule has 0 fully saturated rings. The van der Waals surface area contributed by atoms with Crippen molar-refractivity contribution in [2.75, 3.05) is 0 Å². The Bertz CT molecular complexity index is 3830. The van der Waals surface area contributed by atoms with E-state index in [0.29, 0.717) is 17.8 Å². The first-order valence-corrected chi connectivity index (χ1v) is 23.0. The van der Waals surface area contributed by atoms with E-state index < -0.39 is 0 Å². The molecule has 0 saturated heterocycles. The van der Waals surface area contributed by atoms with Crippen molar-refractivity contribution in [3.63, 3.8) is 0 Å². The first-order valence-electron chi connectivity index (χ1n) is 23.0. The predicted molar refractivity (Wildman–Crippen MR) is 270 cm³/mol. The minimum absolute atomic E-state index is 0.104. The third-order valence-electron chi connectivity index (χ3n) is 15.4. The molecular formula is C60H44N6. The van der Waals surface area contributed by atoms with Crippen LogP contribution >= 0.6 is 0 Å². The molecule has 4 heterocycles. The Morgan fingerprint density at radius 2 is 0.909 bits per heavy atom. The molecule has 14 rings (SSSR count). The summed E-state index contributed by atoms with van der Waals surface area (Å²) in [6.45, 7) is 9.67. The zero-order valence-electron chi connectivity index (χ0n) is 37.2. The molecule has 0 radical (unpaired) electrons. The van der Waals surface area contributed by atoms with Gasteiger partial charge >= 0.3 is 0 Å². The molecule has 66 heavy (non-hydrogen) atoms. The zero-order chi connectivity index (χ0) is 44.1. The SMILES string of the molecule is CC1(C)c2cc3c(cc2-c2c1cc(-c1cnc(-n4c5ccccc5c5ccccc54)nc1)c1ccccc21)C(C)(C)C1C=C(c2cnc(-n4c5ccccc5c5ccccc54)nc2)C=CC31. The van der Waals surface area contributed by atoms with Gasteiger partial charge in [-0.1, -0.05) is 149 Å². The summed E-state index contributed by atoms with van der Waals surface area (Å²) in [5, 5.41) is 7.29. The Morgan fingerprint density at radius 1 is 0.455 bits per heavy atom. The molecule has 11 aromatic rings. The van der Waals surface area contributed by atoms with Crippen LogP contribution in [0.2, 0.25) is 0 Å². The van der Waals surface area contributed by atoms with Crippen molar-refractivity contribution in [1.82, 2.24) is 29.1 Å². The van der Waals surface area contributed by atoms with Gasteiger partial charge in [0.1, 0.15) is 0 Å². The Kier molecular flexibility index (Phi) is 7.54. The lowest BCUT2D eigenvalue weighted by atomic mass is 9.73. The summed E-state index contributed by atoms with van der Waals surface area (Å²) in [6.07, 6.45) is 15.2. The van der Waals surface area contributed by atoms with Gasteiger partial charge in [-0.25, -0.2) is 19.9 Å². The molecule has 0 aliphatic heterocycles. The highest BCUT2D eigenvalue weighted by atomic mass is 15.2. The van der Waals surface area contributed by atoms with Crippen LogP contribution in [0.5, 0.6) is 0 Å². The fourth-order valence-corrected chi connectivity index (χ4v) is 12.2. The zero-order valence-corrected chi connectivity index (χ0v) is 37.2. The second-order valence-electron chi connectivity index (χ2n) is 19.5. The summed E-state index contributed by atoms with van der Waals surface area (Å²) in [7, 11) is 0. The van der Waals surface area contributed by atoms with Crippen molar-refractivity contribution in [2.24, 2.45) is 5.92 Å². The molecule has 4 aromatic heterocycles. The molecule has 7 aromatic carbocycles. The van der Waals surface area contributed by atoms with Gasteiger partial charge in [0.05, 0.1) is 22.1 Å². The van der Waals surface area contributed by atoms with Crippen molar-refractivity contribution in [1.29, 1.82) is 0 Å². The maximum Gasteiger partial charge on any atom is 0.234 e. The highest BCUT2D eigenvalue weighted by Crippen LogP contribution is 2.60. The van der Waals surface area contributed by atoms with Crippen LogP contribution in [0, 0.1) is 5.92 Å². The van der Waals surface area contributed by atoms with E-state index in [1.165, 1.54) is 71.3 Å². The molecular weight excluding hydrogens is 805 g/mol. The summed E-state index contributed by atoms with van der Waals surface area (Å²) in [5.41, 5.74) is 16.8. The lowest BCUT2D eigenvalue weighted by Gasteiger charge is -2.31. The molecule has 0 bridgehead atoms. The maximum atomic E-state index is 5.06. The second-order valence-corrected chi connectivity index (χ2v) is 19.5. The van der Waals surface area contributed by atoms with Crippen molar-refractivity contribution < 1.29 is 0 Å². The van der Waals surface area contributed by atoms with Gasteiger partial charge in [-0.2, -0.15) is 0 Å². The first kappa shape index (κ1) is 37.4. The number of allylic oxidation sites excluding steroid dienone is 4. The van der Waals surface area contributed by atoms with Gasteiger partial charge in [0, 0.05) is 68.8 Å². The molecule has 0 amide bonds. The normalized spacial score (nSPS) is 17.7. The van der Waals surface area contributed by atoms with Crippen LogP contribution in [0.25, 0.3) is 94.1 Å². The highest BCUT2D eigenvalue weighted by molar-refractivity contribution is 6.11. The number of benzene rings is 7. The van der Waals surface area contributed by atoms with Crippen molar-refractivity contribution in [3.8, 4) is 34.2 Å². The molecule has 3 aliphatic carbocycles. The van der Waals surface area contributed by atoms with E-state index in [-0.39, 0.29) is 16.7 Å². The van der Waals surface area contributed by atoms with Gasteiger partial charge < -0.3 is 0 Å². The summed E-state index contributed by atoms with van der Waals surface area (Å²) in [5.74, 6) is 1.92. The van der Waals surface area contributed by atoms with Crippen LogP contribution in [0.4, 0.5) is 0 Å². The van der Waals surface area contributed by atoms with Gasteiger partial charge in [0.2, 0.25) is 11.9 Å². The highest BCUT2D eigenvalue weighted by Gasteiger charge is 2.48. The smallest absolute Gasteiger partial charge is 0.234 e. The molecule has 6 heteroatoms. The Labute approximate surface area is 382 Å². The fourth-order valence-electron chi connectivity index (χ4n) is 12.2. The van der Waals surface area contributed by atoms with Crippen molar-refractivity contribution in [3.05, 3.63) is 210 Å². The Hall–Kier alpha value is -7.96. The predicted octanol–water partition coefficient (Wildman–Crippen LogP) is 14.2. The van der Waals surface area contributed by atoms with Crippen LogP contribution in [0.1, 0.15) is 61.4 Å². The maximum absolute atomic E-state index is 5.06. The lowest BCUT2D eigenvalue weighted by Crippen LogP contribution is -2.25. The third-order valence-corrected chi connectivity index (χ3v) is 15.4. The number of rotatable bonds is 4. The molecule has 3 aliphatic rings. The number of hydrogen-bond acceptors (Lipinski definition) is 4. The van der Waals surface area contributed by atoms with Crippen molar-refractivity contribution in [2.45, 2.75) is 44.4 Å². The van der Waals surface area contributed by atoms with Crippen molar-refractivity contribution >= 4 is 60.0 Å². The molecule has 314 valence electrons. The largest absolute Gasteiger partial charge is 0.278 e. The van der Waals surface area contributed by atoms with Crippen LogP contribution in [-0.4, -0.2) is 29.1 Å². The van der Waals surface area contributed by atoms with E-state index in [2.05, 4.69) is 195 Å². The molecule has 2 unspecified atom stereocenters. The van der Waals surface area contributed by atoms with E-state index in [1.54, 1.807) is 0 Å². The second kappa shape index (κ2) is 13.3. The third kappa shape index (κ3) is 5.01. The average molecular weight is 849 g/mol. The van der Waals surface area contributed by atoms with Gasteiger partial charge in [0.25, 0.3) is 0 Å². The Morgan fingerprint density at radius 3 is 1.44 bits per heavy atom. The van der Waals surface area contributed by atoms with Gasteiger partial charge in [-0.05, 0) is 103 Å². The van der Waals surface area contributed by atoms with E-state index in [0.717, 1.165) is 38.8 Å². The van der Waals surface area contributed by atoms with Crippen LogP contribution in [0.3, 0.4) is 0 Å². The number of hydrogen-bond donors (Lipinski definition) is 0. The lowest BCUT2D eigenvalue weighted by molar-refractivity contribution is 0.395. The average Bonchev–Trinajstić information content (AvgIpc) is 4.02. The Balaban J connectivity index is 0.829. The van der Waals surface area contributed by atoms with E-state index in [1.807, 2.05) is 24.8 Å². The molecule has 0 N–H and O–H groups in total. The summed E-state index contributed by atoms with van der Waals surface area (Å²) in [4.78, 5) is 20.1. The molecule has 2 atom stereocenters. The molecule has 6 nitrogen and oxygen atoms in total. The van der Waals surface area contributed by atoms with Gasteiger partial charge in [-0.15, -0.1) is 0 Å². The minimum atomic E-state index is -0.223.